The van der Waals surface area contributed by atoms with Gasteiger partial charge in [-0.05, 0) is 25.7 Å². The zero-order valence-corrected chi connectivity index (χ0v) is 8.16. The lowest BCUT2D eigenvalue weighted by Gasteiger charge is -2.26. The Morgan fingerprint density at radius 2 is 1.85 bits per heavy atom. The Morgan fingerprint density at radius 1 is 1.31 bits per heavy atom. The highest BCUT2D eigenvalue weighted by atomic mass is 16.2. The van der Waals surface area contributed by atoms with Crippen molar-refractivity contribution in [1.29, 1.82) is 0 Å². The molecule has 1 aliphatic carbocycles. The summed E-state index contributed by atoms with van der Waals surface area (Å²) in [5.41, 5.74) is -0.0386. The highest BCUT2D eigenvalue weighted by molar-refractivity contribution is 5.78. The van der Waals surface area contributed by atoms with Crippen molar-refractivity contribution in [1.82, 2.24) is 4.90 Å². The van der Waals surface area contributed by atoms with Gasteiger partial charge in [-0.2, -0.15) is 10.2 Å². The van der Waals surface area contributed by atoms with Crippen LogP contribution in [0.25, 0.3) is 0 Å². The van der Waals surface area contributed by atoms with Crippen molar-refractivity contribution in [3.05, 3.63) is 0 Å². The van der Waals surface area contributed by atoms with E-state index in [9.17, 15) is 4.79 Å². The number of amides is 1. The van der Waals surface area contributed by atoms with Gasteiger partial charge in [0, 0.05) is 20.0 Å². The molecule has 2 aliphatic rings. The van der Waals surface area contributed by atoms with E-state index in [1.807, 2.05) is 14.1 Å². The molecule has 0 saturated heterocycles. The zero-order chi connectivity index (χ0) is 9.47. The molecular formula is C9H15N3O. The highest BCUT2D eigenvalue weighted by Crippen LogP contribution is 2.44. The monoisotopic (exact) mass is 181 g/mol. The van der Waals surface area contributed by atoms with Gasteiger partial charge in [0.25, 0.3) is 0 Å². The summed E-state index contributed by atoms with van der Waals surface area (Å²) >= 11 is 0. The zero-order valence-electron chi connectivity index (χ0n) is 8.16. The van der Waals surface area contributed by atoms with Crippen LogP contribution in [-0.2, 0) is 4.79 Å². The van der Waals surface area contributed by atoms with Crippen molar-refractivity contribution < 1.29 is 4.79 Å². The first kappa shape index (κ1) is 8.66. The van der Waals surface area contributed by atoms with E-state index in [2.05, 4.69) is 10.2 Å². The number of hydrogen-bond acceptors (Lipinski definition) is 3. The van der Waals surface area contributed by atoms with E-state index in [0.29, 0.717) is 0 Å². The van der Waals surface area contributed by atoms with E-state index in [1.165, 1.54) is 0 Å². The van der Waals surface area contributed by atoms with Gasteiger partial charge < -0.3 is 4.90 Å². The molecule has 1 heterocycles. The summed E-state index contributed by atoms with van der Waals surface area (Å²) in [4.78, 5) is 13.3. The van der Waals surface area contributed by atoms with Crippen LogP contribution < -0.4 is 0 Å². The fraction of sp³-hybridized carbons (Fsp3) is 0.889. The molecule has 13 heavy (non-hydrogen) atoms. The van der Waals surface area contributed by atoms with Crippen molar-refractivity contribution in [2.45, 2.75) is 31.3 Å². The van der Waals surface area contributed by atoms with Gasteiger partial charge in [0.2, 0.25) is 5.91 Å². The third-order valence-electron chi connectivity index (χ3n) is 2.96. The first-order chi connectivity index (χ1) is 6.13. The molecule has 1 saturated carbocycles. The molecule has 1 amide bonds. The molecule has 1 fully saturated rings. The summed E-state index contributed by atoms with van der Waals surface area (Å²) in [6.07, 6.45) is 3.84. The normalized spacial score (nSPS) is 24.8. The molecule has 0 aromatic heterocycles. The molecule has 0 radical (unpaired) electrons. The molecule has 4 nitrogen and oxygen atoms in total. The summed E-state index contributed by atoms with van der Waals surface area (Å²) in [6, 6.07) is 0. The summed E-state index contributed by atoms with van der Waals surface area (Å²) in [7, 11) is 3.64. The maximum Gasteiger partial charge on any atom is 0.225 e. The summed E-state index contributed by atoms with van der Waals surface area (Å²) in [6.45, 7) is 0. The first-order valence-electron chi connectivity index (χ1n) is 4.78. The van der Waals surface area contributed by atoms with Crippen molar-refractivity contribution in [3.63, 3.8) is 0 Å². The maximum absolute atomic E-state index is 11.6. The average molecular weight is 181 g/mol. The Hall–Kier alpha value is -0.930. The van der Waals surface area contributed by atoms with Gasteiger partial charge in [-0.25, -0.2) is 0 Å². The second-order valence-corrected chi connectivity index (χ2v) is 4.19. The molecule has 0 bridgehead atoms. The molecule has 1 aliphatic heterocycles. The minimum atomic E-state index is -0.0386. The lowest BCUT2D eigenvalue weighted by atomic mass is 9.83. The van der Waals surface area contributed by atoms with Crippen LogP contribution in [0.4, 0.5) is 0 Å². The van der Waals surface area contributed by atoms with E-state index in [1.54, 1.807) is 4.90 Å². The van der Waals surface area contributed by atoms with Crippen molar-refractivity contribution in [2.24, 2.45) is 16.1 Å². The van der Waals surface area contributed by atoms with Gasteiger partial charge in [-0.3, -0.25) is 4.79 Å². The number of nitrogens with zero attached hydrogens (tertiary/aromatic N) is 3. The summed E-state index contributed by atoms with van der Waals surface area (Å²) < 4.78 is 0. The summed E-state index contributed by atoms with van der Waals surface area (Å²) in [5.74, 6) is 0.474. The standard InChI is InChI=1S/C9H15N3O/c1-12(2)8(13)7-3-5-9(6-4-7)10-11-9/h7H,3-6H2,1-2H3. The SMILES string of the molecule is CN(C)C(=O)C1CCC2(CC1)N=N2. The van der Waals surface area contributed by atoms with Gasteiger partial charge in [0.15, 0.2) is 5.66 Å². The van der Waals surface area contributed by atoms with E-state index in [4.69, 9.17) is 0 Å². The van der Waals surface area contributed by atoms with Crippen LogP contribution >= 0.6 is 0 Å². The number of carbonyl (C=O) groups is 1. The Balaban J connectivity index is 1.87. The van der Waals surface area contributed by atoms with Gasteiger partial charge in [-0.15, -0.1) is 0 Å². The third-order valence-corrected chi connectivity index (χ3v) is 2.96. The van der Waals surface area contributed by atoms with Crippen LogP contribution in [0.5, 0.6) is 0 Å². The van der Waals surface area contributed by atoms with Crippen LogP contribution in [0.3, 0.4) is 0 Å². The topological polar surface area (TPSA) is 45.0 Å². The van der Waals surface area contributed by atoms with Crippen molar-refractivity contribution in [3.8, 4) is 0 Å². The molecule has 0 N–H and O–H groups in total. The summed E-state index contributed by atoms with van der Waals surface area (Å²) in [5, 5.41) is 8.06. The van der Waals surface area contributed by atoms with Gasteiger partial charge in [0.1, 0.15) is 0 Å². The maximum atomic E-state index is 11.6. The lowest BCUT2D eigenvalue weighted by molar-refractivity contribution is -0.134. The average Bonchev–Trinajstić information content (AvgIpc) is 2.85. The van der Waals surface area contributed by atoms with E-state index in [-0.39, 0.29) is 17.5 Å². The lowest BCUT2D eigenvalue weighted by Crippen LogP contribution is -2.34. The number of rotatable bonds is 1. The fourth-order valence-corrected chi connectivity index (χ4v) is 1.96. The predicted octanol–water partition coefficient (Wildman–Crippen LogP) is 1.43. The second-order valence-electron chi connectivity index (χ2n) is 4.19. The Morgan fingerprint density at radius 3 is 2.23 bits per heavy atom. The van der Waals surface area contributed by atoms with Gasteiger partial charge in [0.05, 0.1) is 0 Å². The minimum Gasteiger partial charge on any atom is -0.349 e. The first-order valence-corrected chi connectivity index (χ1v) is 4.78. The molecule has 2 rings (SSSR count). The third kappa shape index (κ3) is 1.57. The largest absolute Gasteiger partial charge is 0.349 e. The van der Waals surface area contributed by atoms with Crippen molar-refractivity contribution >= 4 is 5.91 Å². The van der Waals surface area contributed by atoms with Crippen LogP contribution in [0.2, 0.25) is 0 Å². The molecule has 4 heteroatoms. The van der Waals surface area contributed by atoms with Crippen LogP contribution in [0.15, 0.2) is 10.2 Å². The number of carbonyl (C=O) groups excluding carboxylic acids is 1. The molecular weight excluding hydrogens is 166 g/mol. The molecule has 0 unspecified atom stereocenters. The quantitative estimate of drug-likeness (QED) is 0.603. The second kappa shape index (κ2) is 2.79. The fourth-order valence-electron chi connectivity index (χ4n) is 1.96. The van der Waals surface area contributed by atoms with Gasteiger partial charge >= 0.3 is 0 Å². The van der Waals surface area contributed by atoms with Crippen molar-refractivity contribution in [2.75, 3.05) is 14.1 Å². The van der Waals surface area contributed by atoms with E-state index in [0.717, 1.165) is 25.7 Å². The Labute approximate surface area is 78.0 Å². The molecule has 0 atom stereocenters. The van der Waals surface area contributed by atoms with Gasteiger partial charge in [-0.1, -0.05) is 0 Å². The molecule has 1 spiro atoms. The minimum absolute atomic E-state index is 0.0386. The van der Waals surface area contributed by atoms with E-state index >= 15 is 0 Å². The Bertz CT molecular complexity index is 244. The number of hydrogen-bond donors (Lipinski definition) is 0. The smallest absolute Gasteiger partial charge is 0.225 e. The highest BCUT2D eigenvalue weighted by Gasteiger charge is 2.44. The van der Waals surface area contributed by atoms with Crippen LogP contribution in [-0.4, -0.2) is 30.6 Å². The van der Waals surface area contributed by atoms with Crippen LogP contribution in [0, 0.1) is 5.92 Å². The molecule has 0 aromatic carbocycles. The molecule has 72 valence electrons. The predicted molar refractivity (Wildman–Crippen MR) is 48.2 cm³/mol. The Kier molecular flexibility index (Phi) is 1.86. The van der Waals surface area contributed by atoms with Crippen LogP contribution in [0.1, 0.15) is 25.7 Å². The molecule has 0 aromatic rings. The van der Waals surface area contributed by atoms with E-state index < -0.39 is 0 Å².